The summed E-state index contributed by atoms with van der Waals surface area (Å²) in [4.78, 5) is 17.6. The number of piperazine rings is 1. The van der Waals surface area contributed by atoms with Gasteiger partial charge in [-0.05, 0) is 41.9 Å². The normalized spacial score (nSPS) is 14.4. The second kappa shape index (κ2) is 12.3. The summed E-state index contributed by atoms with van der Waals surface area (Å²) in [6.45, 7) is 6.15. The number of thioether (sulfide) groups is 1. The Balaban J connectivity index is 1.43. The Hall–Kier alpha value is -3.63. The molecule has 0 radical (unpaired) electrons. The Morgan fingerprint density at radius 3 is 2.35 bits per heavy atom. The lowest BCUT2D eigenvalue weighted by Gasteiger charge is -2.34. The van der Waals surface area contributed by atoms with Gasteiger partial charge in [0.05, 0.1) is 11.3 Å². The molecule has 208 valence electrons. The van der Waals surface area contributed by atoms with E-state index in [1.807, 2.05) is 59.5 Å². The number of alkyl halides is 3. The molecule has 0 spiro atoms. The highest BCUT2D eigenvalue weighted by Gasteiger charge is 2.31. The molecule has 6 nitrogen and oxygen atoms in total. The molecule has 10 heteroatoms. The maximum absolute atomic E-state index is 13.6. The Kier molecular flexibility index (Phi) is 8.56. The minimum absolute atomic E-state index is 0.00364. The minimum Gasteiger partial charge on any atom is -0.336 e. The van der Waals surface area contributed by atoms with Gasteiger partial charge in [0.15, 0.2) is 5.16 Å². The molecule has 0 N–H and O–H groups in total. The van der Waals surface area contributed by atoms with Crippen LogP contribution in [0.15, 0.2) is 84.0 Å². The van der Waals surface area contributed by atoms with Gasteiger partial charge in [0.1, 0.15) is 5.82 Å². The lowest BCUT2D eigenvalue weighted by atomic mass is 10.1. The van der Waals surface area contributed by atoms with Crippen LogP contribution in [0.1, 0.15) is 39.8 Å². The van der Waals surface area contributed by atoms with Gasteiger partial charge in [-0.2, -0.15) is 13.2 Å². The molecule has 2 heterocycles. The van der Waals surface area contributed by atoms with Crippen LogP contribution in [0.4, 0.5) is 13.2 Å². The molecule has 1 fully saturated rings. The predicted molar refractivity (Wildman–Crippen MR) is 150 cm³/mol. The standard InChI is InChI=1S/C30H30F3N5OS/c1-2-36-15-17-37(18-16-36)28(39)26-14-7-6-11-23(26)21-40-29-35-34-27(19-22-9-4-3-5-10-22)38(29)25-13-8-12-24(20-25)30(31,32)33/h3-14,20H,2,15-19,21H2,1H3. The number of carbonyl (C=O) groups excluding carboxylic acids is 1. The maximum Gasteiger partial charge on any atom is 0.416 e. The van der Waals surface area contributed by atoms with E-state index in [0.29, 0.717) is 47.5 Å². The zero-order valence-electron chi connectivity index (χ0n) is 22.1. The van der Waals surface area contributed by atoms with Crippen molar-refractivity contribution in [3.05, 3.63) is 107 Å². The fraction of sp³-hybridized carbons (Fsp3) is 0.300. The summed E-state index contributed by atoms with van der Waals surface area (Å²) < 4.78 is 42.4. The monoisotopic (exact) mass is 565 g/mol. The predicted octanol–water partition coefficient (Wildman–Crippen LogP) is 5.95. The Bertz CT molecular complexity index is 1450. The molecule has 1 aromatic heterocycles. The highest BCUT2D eigenvalue weighted by molar-refractivity contribution is 7.98. The van der Waals surface area contributed by atoms with Crippen molar-refractivity contribution in [1.29, 1.82) is 0 Å². The van der Waals surface area contributed by atoms with Gasteiger partial charge >= 0.3 is 6.18 Å². The summed E-state index contributed by atoms with van der Waals surface area (Å²) in [6.07, 6.45) is -4.07. The number of rotatable bonds is 8. The van der Waals surface area contributed by atoms with Crippen molar-refractivity contribution in [2.75, 3.05) is 32.7 Å². The van der Waals surface area contributed by atoms with E-state index in [9.17, 15) is 18.0 Å². The van der Waals surface area contributed by atoms with Crippen molar-refractivity contribution in [3.8, 4) is 5.69 Å². The highest BCUT2D eigenvalue weighted by atomic mass is 32.2. The zero-order valence-corrected chi connectivity index (χ0v) is 23.0. The van der Waals surface area contributed by atoms with Crippen molar-refractivity contribution in [3.63, 3.8) is 0 Å². The van der Waals surface area contributed by atoms with Gasteiger partial charge in [0, 0.05) is 43.9 Å². The van der Waals surface area contributed by atoms with Crippen molar-refractivity contribution < 1.29 is 18.0 Å². The van der Waals surface area contributed by atoms with Gasteiger partial charge in [-0.3, -0.25) is 9.36 Å². The van der Waals surface area contributed by atoms with Crippen molar-refractivity contribution in [2.24, 2.45) is 0 Å². The van der Waals surface area contributed by atoms with Gasteiger partial charge in [-0.15, -0.1) is 10.2 Å². The first kappa shape index (κ1) is 27.9. The summed E-state index contributed by atoms with van der Waals surface area (Å²) >= 11 is 1.35. The highest BCUT2D eigenvalue weighted by Crippen LogP contribution is 2.33. The molecule has 0 aliphatic carbocycles. The molecule has 1 saturated heterocycles. The first-order chi connectivity index (χ1) is 19.3. The van der Waals surface area contributed by atoms with E-state index in [1.165, 1.54) is 17.8 Å². The fourth-order valence-electron chi connectivity index (χ4n) is 4.80. The number of amides is 1. The van der Waals surface area contributed by atoms with Gasteiger partial charge in [0.2, 0.25) is 0 Å². The molecule has 4 aromatic rings. The van der Waals surface area contributed by atoms with Crippen molar-refractivity contribution >= 4 is 17.7 Å². The molecule has 5 rings (SSSR count). The quantitative estimate of drug-likeness (QED) is 0.247. The first-order valence-electron chi connectivity index (χ1n) is 13.2. The fourth-order valence-corrected chi connectivity index (χ4v) is 5.78. The second-order valence-corrected chi connectivity index (χ2v) is 10.6. The van der Waals surface area contributed by atoms with Crippen molar-refractivity contribution in [1.82, 2.24) is 24.6 Å². The third-order valence-electron chi connectivity index (χ3n) is 7.05. The summed E-state index contributed by atoms with van der Waals surface area (Å²) in [5.74, 6) is 0.946. The average Bonchev–Trinajstić information content (AvgIpc) is 3.38. The number of carbonyl (C=O) groups is 1. The number of benzene rings is 3. The van der Waals surface area contributed by atoms with E-state index in [0.717, 1.165) is 42.9 Å². The van der Waals surface area contributed by atoms with E-state index in [4.69, 9.17) is 0 Å². The summed E-state index contributed by atoms with van der Waals surface area (Å²) in [5, 5.41) is 9.20. The van der Waals surface area contributed by atoms with Crippen LogP contribution in [0.25, 0.3) is 5.69 Å². The third-order valence-corrected chi connectivity index (χ3v) is 8.03. The van der Waals surface area contributed by atoms with Crippen LogP contribution in [0.5, 0.6) is 0 Å². The SMILES string of the molecule is CCN1CCN(C(=O)c2ccccc2CSc2nnc(Cc3ccccc3)n2-c2cccc(C(F)(F)F)c2)CC1. The number of aromatic nitrogens is 3. The molecule has 1 amide bonds. The Morgan fingerprint density at radius 2 is 1.62 bits per heavy atom. The van der Waals surface area contributed by atoms with E-state index < -0.39 is 11.7 Å². The summed E-state index contributed by atoms with van der Waals surface area (Å²) in [5.41, 5.74) is 2.05. The van der Waals surface area contributed by atoms with E-state index >= 15 is 0 Å². The largest absolute Gasteiger partial charge is 0.416 e. The van der Waals surface area contributed by atoms with Crippen LogP contribution in [0, 0.1) is 0 Å². The van der Waals surface area contributed by atoms with Crippen LogP contribution < -0.4 is 0 Å². The number of nitrogens with zero attached hydrogens (tertiary/aromatic N) is 5. The van der Waals surface area contributed by atoms with E-state index in [2.05, 4.69) is 22.0 Å². The van der Waals surface area contributed by atoms with Crippen LogP contribution in [0.2, 0.25) is 0 Å². The molecule has 0 unspecified atom stereocenters. The molecule has 0 atom stereocenters. The minimum atomic E-state index is -4.47. The second-order valence-electron chi connectivity index (χ2n) is 9.62. The van der Waals surface area contributed by atoms with Crippen LogP contribution >= 0.6 is 11.8 Å². The smallest absolute Gasteiger partial charge is 0.336 e. The number of halogens is 3. The molecule has 40 heavy (non-hydrogen) atoms. The Labute approximate surface area is 235 Å². The first-order valence-corrected chi connectivity index (χ1v) is 14.2. The van der Waals surface area contributed by atoms with Crippen LogP contribution in [-0.4, -0.2) is 63.2 Å². The van der Waals surface area contributed by atoms with E-state index in [1.54, 1.807) is 10.6 Å². The van der Waals surface area contributed by atoms with Gasteiger partial charge in [0.25, 0.3) is 5.91 Å². The molecular formula is C30H30F3N5OS. The lowest BCUT2D eigenvalue weighted by Crippen LogP contribution is -2.48. The molecule has 3 aromatic carbocycles. The average molecular weight is 566 g/mol. The summed E-state index contributed by atoms with van der Waals surface area (Å²) in [6, 6.07) is 22.3. The number of hydrogen-bond acceptors (Lipinski definition) is 5. The molecule has 0 bridgehead atoms. The van der Waals surface area contributed by atoms with Gasteiger partial charge in [-0.25, -0.2) is 0 Å². The molecular weight excluding hydrogens is 535 g/mol. The van der Waals surface area contributed by atoms with Crippen LogP contribution in [-0.2, 0) is 18.3 Å². The molecule has 1 aliphatic heterocycles. The van der Waals surface area contributed by atoms with Crippen LogP contribution in [0.3, 0.4) is 0 Å². The molecule has 1 aliphatic rings. The lowest BCUT2D eigenvalue weighted by molar-refractivity contribution is -0.137. The topological polar surface area (TPSA) is 54.3 Å². The third kappa shape index (κ3) is 6.39. The zero-order chi connectivity index (χ0) is 28.1. The summed E-state index contributed by atoms with van der Waals surface area (Å²) in [7, 11) is 0. The number of likely N-dealkylation sites (N-methyl/N-ethyl adjacent to an activating group) is 1. The van der Waals surface area contributed by atoms with Gasteiger partial charge in [-0.1, -0.05) is 73.3 Å². The number of hydrogen-bond donors (Lipinski definition) is 0. The Morgan fingerprint density at radius 1 is 0.900 bits per heavy atom. The van der Waals surface area contributed by atoms with Crippen molar-refractivity contribution in [2.45, 2.75) is 30.4 Å². The van der Waals surface area contributed by atoms with Gasteiger partial charge < -0.3 is 9.80 Å². The molecule has 0 saturated carbocycles. The maximum atomic E-state index is 13.6. The van der Waals surface area contributed by atoms with E-state index in [-0.39, 0.29) is 5.91 Å².